The zero-order valence-electron chi connectivity index (χ0n) is 9.67. The lowest BCUT2D eigenvalue weighted by atomic mass is 9.92. The number of nitrogens with one attached hydrogen (secondary N) is 1. The maximum atomic E-state index is 5.37. The van der Waals surface area contributed by atoms with Crippen LogP contribution in [0, 0.1) is 5.92 Å². The summed E-state index contributed by atoms with van der Waals surface area (Å²) in [7, 11) is 0. The van der Waals surface area contributed by atoms with E-state index in [-0.39, 0.29) is 5.54 Å². The van der Waals surface area contributed by atoms with E-state index in [4.69, 9.17) is 4.84 Å². The zero-order chi connectivity index (χ0) is 10.3. The van der Waals surface area contributed by atoms with E-state index in [9.17, 15) is 0 Å². The molecule has 0 bridgehead atoms. The molecule has 15 heavy (non-hydrogen) atoms. The quantitative estimate of drug-likeness (QED) is 0.710. The summed E-state index contributed by atoms with van der Waals surface area (Å²) in [5.74, 6) is 0.708. The van der Waals surface area contributed by atoms with E-state index in [2.05, 4.69) is 17.3 Å². The predicted octanol–water partition coefficient (Wildman–Crippen LogP) is 1.54. The minimum Gasteiger partial charge on any atom is -0.301 e. The van der Waals surface area contributed by atoms with Crippen LogP contribution in [0.3, 0.4) is 0 Å². The lowest BCUT2D eigenvalue weighted by Gasteiger charge is -2.32. The average Bonchev–Trinajstić information content (AvgIpc) is 2.74. The van der Waals surface area contributed by atoms with Gasteiger partial charge < -0.3 is 4.84 Å². The molecule has 0 unspecified atom stereocenters. The van der Waals surface area contributed by atoms with E-state index in [1.165, 1.54) is 45.2 Å². The average molecular weight is 210 g/mol. The first kappa shape index (κ1) is 10.1. The molecule has 2 aliphatic heterocycles. The van der Waals surface area contributed by atoms with E-state index in [1.54, 1.807) is 0 Å². The summed E-state index contributed by atoms with van der Waals surface area (Å²) in [6.45, 7) is 5.64. The molecule has 0 aromatic heterocycles. The summed E-state index contributed by atoms with van der Waals surface area (Å²) in [4.78, 5) is 8.08. The Morgan fingerprint density at radius 3 is 2.80 bits per heavy atom. The molecule has 0 aromatic carbocycles. The van der Waals surface area contributed by atoms with Crippen LogP contribution in [0.15, 0.2) is 0 Å². The van der Waals surface area contributed by atoms with Gasteiger partial charge in [0.25, 0.3) is 0 Å². The SMILES string of the molecule is C[C@]12CN(C3CCCCC3)C[C@H]1CON2. The zero-order valence-corrected chi connectivity index (χ0v) is 9.67. The van der Waals surface area contributed by atoms with Gasteiger partial charge in [-0.1, -0.05) is 19.3 Å². The highest BCUT2D eigenvalue weighted by molar-refractivity contribution is 5.02. The fraction of sp³-hybridized carbons (Fsp3) is 1.00. The van der Waals surface area contributed by atoms with Gasteiger partial charge in [0.15, 0.2) is 0 Å². The molecule has 1 saturated carbocycles. The van der Waals surface area contributed by atoms with Crippen LogP contribution >= 0.6 is 0 Å². The van der Waals surface area contributed by atoms with Gasteiger partial charge in [0, 0.05) is 25.0 Å². The van der Waals surface area contributed by atoms with Gasteiger partial charge in [0.1, 0.15) is 0 Å². The molecule has 2 saturated heterocycles. The van der Waals surface area contributed by atoms with Crippen LogP contribution in [0.4, 0.5) is 0 Å². The largest absolute Gasteiger partial charge is 0.301 e. The Labute approximate surface area is 92.1 Å². The monoisotopic (exact) mass is 210 g/mol. The third-order valence-corrected chi connectivity index (χ3v) is 4.57. The second-order valence-corrected chi connectivity index (χ2v) is 5.75. The van der Waals surface area contributed by atoms with Crippen LogP contribution in [0.25, 0.3) is 0 Å². The lowest BCUT2D eigenvalue weighted by Crippen LogP contribution is -2.44. The van der Waals surface area contributed by atoms with Crippen LogP contribution in [-0.4, -0.2) is 36.2 Å². The van der Waals surface area contributed by atoms with Crippen molar-refractivity contribution in [3.8, 4) is 0 Å². The van der Waals surface area contributed by atoms with Gasteiger partial charge in [-0.3, -0.25) is 4.90 Å². The van der Waals surface area contributed by atoms with Gasteiger partial charge in [-0.15, -0.1) is 0 Å². The molecule has 0 spiro atoms. The van der Waals surface area contributed by atoms with Gasteiger partial charge in [0.2, 0.25) is 0 Å². The highest BCUT2D eigenvalue weighted by Crippen LogP contribution is 2.35. The highest BCUT2D eigenvalue weighted by atomic mass is 16.7. The van der Waals surface area contributed by atoms with Gasteiger partial charge in [-0.2, -0.15) is 5.48 Å². The first-order chi connectivity index (χ1) is 7.28. The number of hydrogen-bond donors (Lipinski definition) is 1. The highest BCUT2D eigenvalue weighted by Gasteiger charge is 2.48. The number of nitrogens with zero attached hydrogens (tertiary/aromatic N) is 1. The minimum absolute atomic E-state index is 0.234. The van der Waals surface area contributed by atoms with Crippen molar-refractivity contribution < 1.29 is 4.84 Å². The molecule has 1 aliphatic carbocycles. The van der Waals surface area contributed by atoms with Gasteiger partial charge in [0.05, 0.1) is 12.1 Å². The van der Waals surface area contributed by atoms with Crippen molar-refractivity contribution >= 4 is 0 Å². The second-order valence-electron chi connectivity index (χ2n) is 5.75. The fourth-order valence-electron chi connectivity index (χ4n) is 3.48. The van der Waals surface area contributed by atoms with Gasteiger partial charge >= 0.3 is 0 Å². The summed E-state index contributed by atoms with van der Waals surface area (Å²) in [5.41, 5.74) is 3.46. The Hall–Kier alpha value is -0.120. The molecule has 0 aromatic rings. The van der Waals surface area contributed by atoms with E-state index < -0.39 is 0 Å². The third-order valence-electron chi connectivity index (χ3n) is 4.57. The van der Waals surface area contributed by atoms with Crippen molar-refractivity contribution in [1.82, 2.24) is 10.4 Å². The second kappa shape index (κ2) is 3.72. The van der Waals surface area contributed by atoms with E-state index in [0.29, 0.717) is 5.92 Å². The maximum Gasteiger partial charge on any atom is 0.0741 e. The Balaban J connectivity index is 1.65. The Bertz CT molecular complexity index is 240. The number of rotatable bonds is 1. The number of hydrogen-bond acceptors (Lipinski definition) is 3. The van der Waals surface area contributed by atoms with Crippen molar-refractivity contribution in [3.05, 3.63) is 0 Å². The normalized spacial score (nSPS) is 43.4. The summed E-state index contributed by atoms with van der Waals surface area (Å²) in [6, 6.07) is 0.864. The van der Waals surface area contributed by atoms with Crippen LogP contribution in [0.5, 0.6) is 0 Å². The molecular weight excluding hydrogens is 188 g/mol. The molecule has 0 radical (unpaired) electrons. The summed E-state index contributed by atoms with van der Waals surface area (Å²) in [5, 5.41) is 0. The molecule has 3 nitrogen and oxygen atoms in total. The molecule has 0 amide bonds. The van der Waals surface area contributed by atoms with Crippen molar-refractivity contribution in [3.63, 3.8) is 0 Å². The molecule has 1 N–H and O–H groups in total. The first-order valence-corrected chi connectivity index (χ1v) is 6.41. The van der Waals surface area contributed by atoms with Crippen LogP contribution in [0.1, 0.15) is 39.0 Å². The fourth-order valence-corrected chi connectivity index (χ4v) is 3.48. The third kappa shape index (κ3) is 1.71. The minimum atomic E-state index is 0.234. The molecule has 3 fully saturated rings. The van der Waals surface area contributed by atoms with E-state index in [1.807, 2.05) is 0 Å². The summed E-state index contributed by atoms with van der Waals surface area (Å²) < 4.78 is 0. The molecule has 2 atom stereocenters. The van der Waals surface area contributed by atoms with Crippen molar-refractivity contribution in [2.75, 3.05) is 19.7 Å². The summed E-state index contributed by atoms with van der Waals surface area (Å²) >= 11 is 0. The molecule has 86 valence electrons. The molecular formula is C12H22N2O. The van der Waals surface area contributed by atoms with Crippen LogP contribution in [0.2, 0.25) is 0 Å². The molecule has 2 heterocycles. The first-order valence-electron chi connectivity index (χ1n) is 6.41. The van der Waals surface area contributed by atoms with Crippen LogP contribution < -0.4 is 5.48 Å². The van der Waals surface area contributed by atoms with E-state index in [0.717, 1.165) is 12.6 Å². The van der Waals surface area contributed by atoms with Crippen molar-refractivity contribution in [1.29, 1.82) is 0 Å². The smallest absolute Gasteiger partial charge is 0.0741 e. The Kier molecular flexibility index (Phi) is 2.49. The van der Waals surface area contributed by atoms with Crippen molar-refractivity contribution in [2.45, 2.75) is 50.6 Å². The summed E-state index contributed by atoms with van der Waals surface area (Å²) in [6.07, 6.45) is 7.17. The maximum absolute atomic E-state index is 5.37. The topological polar surface area (TPSA) is 24.5 Å². The lowest BCUT2D eigenvalue weighted by molar-refractivity contribution is 0.0442. The van der Waals surface area contributed by atoms with Crippen LogP contribution in [-0.2, 0) is 4.84 Å². The molecule has 3 heteroatoms. The standard InChI is InChI=1S/C12H22N2O/c1-12-9-14(7-10(12)8-15-13-12)11-5-3-2-4-6-11/h10-11,13H,2-9H2,1H3/t10-,12-/m0/s1. The van der Waals surface area contributed by atoms with Crippen molar-refractivity contribution in [2.24, 2.45) is 5.92 Å². The molecule has 3 aliphatic rings. The van der Waals surface area contributed by atoms with Gasteiger partial charge in [-0.25, -0.2) is 0 Å². The number of fused-ring (bicyclic) bond motifs is 1. The van der Waals surface area contributed by atoms with E-state index >= 15 is 0 Å². The van der Waals surface area contributed by atoms with Gasteiger partial charge in [-0.05, 0) is 19.8 Å². The predicted molar refractivity (Wildman–Crippen MR) is 59.4 cm³/mol. The molecule has 3 rings (SSSR count). The number of hydroxylamine groups is 1. The number of likely N-dealkylation sites (tertiary alicyclic amines) is 1. The Morgan fingerprint density at radius 1 is 1.27 bits per heavy atom. The Morgan fingerprint density at radius 2 is 2.07 bits per heavy atom.